The van der Waals surface area contributed by atoms with Crippen LogP contribution in [0.2, 0.25) is 0 Å². The summed E-state index contributed by atoms with van der Waals surface area (Å²) in [6.07, 6.45) is 0.356. The first-order chi connectivity index (χ1) is 12.8. The number of hydrogen-bond donors (Lipinski definition) is 1. The molecule has 11 nitrogen and oxygen atoms in total. The number of nitrogens with zero attached hydrogens (tertiary/aromatic N) is 2. The molecule has 0 radical (unpaired) electrons. The van der Waals surface area contributed by atoms with E-state index in [1.807, 2.05) is 0 Å². The van der Waals surface area contributed by atoms with Gasteiger partial charge in [-0.2, -0.15) is 0 Å². The predicted octanol–water partition coefficient (Wildman–Crippen LogP) is -0.329. The molecular weight excluding hydrogens is 362 g/mol. The van der Waals surface area contributed by atoms with Crippen LogP contribution in [0, 0.1) is 0 Å². The minimum absolute atomic E-state index is 0.00848. The van der Waals surface area contributed by atoms with E-state index in [4.69, 9.17) is 18.9 Å². The maximum atomic E-state index is 12.8. The average molecular weight is 381 g/mol. The average Bonchev–Trinajstić information content (AvgIpc) is 2.63. The molecule has 2 aliphatic heterocycles. The molecule has 146 valence electrons. The summed E-state index contributed by atoms with van der Waals surface area (Å²) in [4.78, 5) is 48.8. The Balaban J connectivity index is 1.74. The van der Waals surface area contributed by atoms with Crippen LogP contribution in [-0.4, -0.2) is 66.2 Å². The lowest BCUT2D eigenvalue weighted by Crippen LogP contribution is -2.59. The maximum Gasteiger partial charge on any atom is 0.512 e. The topological polar surface area (TPSA) is 125 Å². The van der Waals surface area contributed by atoms with E-state index in [1.165, 1.54) is 35.7 Å². The molecule has 1 aromatic rings. The van der Waals surface area contributed by atoms with Crippen LogP contribution in [-0.2, 0) is 19.0 Å². The predicted molar refractivity (Wildman–Crippen MR) is 88.9 cm³/mol. The SMILES string of the molecule is CC(C)(C=O)OC(=O)OCOc1c2n(ccc1=O)N[C@@H]1COCCN1C2=O. The smallest absolute Gasteiger partial charge is 0.451 e. The van der Waals surface area contributed by atoms with Crippen molar-refractivity contribution < 1.29 is 33.3 Å². The number of carbonyl (C=O) groups is 3. The number of carbonyl (C=O) groups excluding carboxylic acids is 3. The van der Waals surface area contributed by atoms with Gasteiger partial charge in [0.15, 0.2) is 17.6 Å². The summed E-state index contributed by atoms with van der Waals surface area (Å²) >= 11 is 0. The fraction of sp³-hybridized carbons (Fsp3) is 0.500. The highest BCUT2D eigenvalue weighted by Gasteiger charge is 2.37. The van der Waals surface area contributed by atoms with Crippen molar-refractivity contribution in [3.8, 4) is 5.75 Å². The number of aldehydes is 1. The summed E-state index contributed by atoms with van der Waals surface area (Å²) in [5, 5.41) is 0. The van der Waals surface area contributed by atoms with Crippen molar-refractivity contribution in [1.29, 1.82) is 0 Å². The van der Waals surface area contributed by atoms with Gasteiger partial charge in [0, 0.05) is 18.8 Å². The van der Waals surface area contributed by atoms with Crippen LogP contribution in [0.5, 0.6) is 5.75 Å². The number of fused-ring (bicyclic) bond motifs is 2. The van der Waals surface area contributed by atoms with Crippen molar-refractivity contribution in [2.24, 2.45) is 0 Å². The van der Waals surface area contributed by atoms with E-state index < -0.39 is 29.9 Å². The van der Waals surface area contributed by atoms with E-state index in [0.717, 1.165) is 0 Å². The summed E-state index contributed by atoms with van der Waals surface area (Å²) in [5.41, 5.74) is 1.13. The quantitative estimate of drug-likeness (QED) is 0.414. The number of hydrogen-bond acceptors (Lipinski definition) is 9. The highest BCUT2D eigenvalue weighted by molar-refractivity contribution is 5.96. The van der Waals surface area contributed by atoms with Gasteiger partial charge in [0.25, 0.3) is 5.91 Å². The van der Waals surface area contributed by atoms with Crippen LogP contribution in [0.4, 0.5) is 4.79 Å². The van der Waals surface area contributed by atoms with Gasteiger partial charge in [-0.3, -0.25) is 19.1 Å². The number of amides is 1. The number of aromatic nitrogens is 1. The molecular formula is C16H19N3O8. The molecule has 1 saturated heterocycles. The molecule has 0 spiro atoms. The van der Waals surface area contributed by atoms with Crippen molar-refractivity contribution in [3.63, 3.8) is 0 Å². The molecule has 11 heteroatoms. The monoisotopic (exact) mass is 381 g/mol. The van der Waals surface area contributed by atoms with E-state index in [1.54, 1.807) is 0 Å². The molecule has 1 amide bonds. The second kappa shape index (κ2) is 7.27. The van der Waals surface area contributed by atoms with Gasteiger partial charge in [0.2, 0.25) is 18.0 Å². The van der Waals surface area contributed by atoms with Gasteiger partial charge in [-0.05, 0) is 13.8 Å². The largest absolute Gasteiger partial charge is 0.512 e. The zero-order valence-corrected chi connectivity index (χ0v) is 14.8. The zero-order valence-electron chi connectivity index (χ0n) is 14.8. The fourth-order valence-corrected chi connectivity index (χ4v) is 2.62. The fourth-order valence-electron chi connectivity index (χ4n) is 2.62. The highest BCUT2D eigenvalue weighted by Crippen LogP contribution is 2.22. The van der Waals surface area contributed by atoms with Crippen LogP contribution in [0.1, 0.15) is 24.3 Å². The number of pyridine rings is 1. The van der Waals surface area contributed by atoms with E-state index in [0.29, 0.717) is 26.0 Å². The van der Waals surface area contributed by atoms with Crippen LogP contribution in [0.3, 0.4) is 0 Å². The third kappa shape index (κ3) is 3.87. The second-order valence-corrected chi connectivity index (χ2v) is 6.43. The standard InChI is InChI=1S/C16H19N3O8/c1-16(2,8-20)27-15(23)26-9-25-13-10(21)3-4-19-12(13)14(22)18-5-6-24-7-11(18)17-19/h3-4,8,11,17H,5-7,9H2,1-2H3/t11-/m0/s1. The molecule has 2 aliphatic rings. The van der Waals surface area contributed by atoms with Crippen LogP contribution >= 0.6 is 0 Å². The van der Waals surface area contributed by atoms with Gasteiger partial charge >= 0.3 is 6.16 Å². The molecule has 0 aromatic carbocycles. The highest BCUT2D eigenvalue weighted by atomic mass is 16.8. The Morgan fingerprint density at radius 1 is 1.44 bits per heavy atom. The first kappa shape index (κ1) is 18.7. The van der Waals surface area contributed by atoms with Crippen LogP contribution in [0.15, 0.2) is 17.1 Å². The lowest BCUT2D eigenvalue weighted by Gasteiger charge is -2.41. The number of ether oxygens (including phenoxy) is 4. The molecule has 27 heavy (non-hydrogen) atoms. The lowest BCUT2D eigenvalue weighted by molar-refractivity contribution is -0.125. The van der Waals surface area contributed by atoms with E-state index in [9.17, 15) is 19.2 Å². The lowest BCUT2D eigenvalue weighted by atomic mass is 10.2. The van der Waals surface area contributed by atoms with Crippen molar-refractivity contribution in [3.05, 3.63) is 28.2 Å². The van der Waals surface area contributed by atoms with E-state index >= 15 is 0 Å². The van der Waals surface area contributed by atoms with E-state index in [2.05, 4.69) is 5.43 Å². The van der Waals surface area contributed by atoms with Gasteiger partial charge in [0.1, 0.15) is 6.17 Å². The molecule has 1 atom stereocenters. The van der Waals surface area contributed by atoms with Gasteiger partial charge < -0.3 is 29.3 Å². The Kier molecular flexibility index (Phi) is 5.04. The normalized spacial score (nSPS) is 18.7. The molecule has 3 heterocycles. The summed E-state index contributed by atoms with van der Waals surface area (Å²) < 4.78 is 21.4. The first-order valence-electron chi connectivity index (χ1n) is 8.18. The summed E-state index contributed by atoms with van der Waals surface area (Å²) in [7, 11) is 0. The molecule has 0 saturated carbocycles. The Bertz CT molecular complexity index is 818. The minimum atomic E-state index is -1.35. The minimum Gasteiger partial charge on any atom is -0.451 e. The van der Waals surface area contributed by atoms with Gasteiger partial charge in [-0.25, -0.2) is 4.79 Å². The molecule has 1 N–H and O–H groups in total. The summed E-state index contributed by atoms with van der Waals surface area (Å²) in [6, 6.07) is 1.21. The number of rotatable bonds is 5. The van der Waals surface area contributed by atoms with Crippen molar-refractivity contribution >= 4 is 18.3 Å². The molecule has 1 aromatic heterocycles. The molecule has 0 bridgehead atoms. The van der Waals surface area contributed by atoms with Crippen molar-refractivity contribution in [1.82, 2.24) is 9.58 Å². The Hall–Kier alpha value is -3.08. The zero-order chi connectivity index (χ0) is 19.6. The second-order valence-electron chi connectivity index (χ2n) is 6.43. The molecule has 1 fully saturated rings. The van der Waals surface area contributed by atoms with Crippen molar-refractivity contribution in [2.75, 3.05) is 32.0 Å². The molecule has 0 aliphatic carbocycles. The maximum absolute atomic E-state index is 12.8. The van der Waals surface area contributed by atoms with Gasteiger partial charge in [-0.1, -0.05) is 0 Å². The number of nitrogens with one attached hydrogen (secondary N) is 1. The third-order valence-electron chi connectivity index (χ3n) is 3.95. The first-order valence-corrected chi connectivity index (χ1v) is 8.18. The Morgan fingerprint density at radius 2 is 2.22 bits per heavy atom. The van der Waals surface area contributed by atoms with Crippen LogP contribution < -0.4 is 15.6 Å². The molecule has 3 rings (SSSR count). The number of morpholine rings is 1. The van der Waals surface area contributed by atoms with E-state index in [-0.39, 0.29) is 17.6 Å². The van der Waals surface area contributed by atoms with Crippen LogP contribution in [0.25, 0.3) is 0 Å². The summed E-state index contributed by atoms with van der Waals surface area (Å²) in [5.74, 6) is -0.665. The Labute approximate surface area is 153 Å². The van der Waals surface area contributed by atoms with Gasteiger partial charge in [0.05, 0.1) is 13.2 Å². The Morgan fingerprint density at radius 3 is 2.96 bits per heavy atom. The molecule has 0 unspecified atom stereocenters. The summed E-state index contributed by atoms with van der Waals surface area (Å²) in [6.45, 7) is 3.16. The van der Waals surface area contributed by atoms with Crippen molar-refractivity contribution in [2.45, 2.75) is 25.6 Å². The third-order valence-corrected chi connectivity index (χ3v) is 3.95. The van der Waals surface area contributed by atoms with Gasteiger partial charge in [-0.15, -0.1) is 0 Å².